The Morgan fingerprint density at radius 2 is 1.76 bits per heavy atom. The molecule has 0 radical (unpaired) electrons. The summed E-state index contributed by atoms with van der Waals surface area (Å²) in [4.78, 5) is 26.3. The summed E-state index contributed by atoms with van der Waals surface area (Å²) in [6.07, 6.45) is 0. The summed E-state index contributed by atoms with van der Waals surface area (Å²) in [5.41, 5.74) is 2.27. The quantitative estimate of drug-likeness (QED) is 0.842. The van der Waals surface area contributed by atoms with E-state index in [9.17, 15) is 4.79 Å². The third-order valence-electron chi connectivity index (χ3n) is 5.22. The first-order chi connectivity index (χ1) is 13.9. The molecule has 0 unspecified atom stereocenters. The number of nitrogens with one attached hydrogen (secondary N) is 1. The van der Waals surface area contributed by atoms with Gasteiger partial charge in [0.25, 0.3) is 0 Å². The Labute approximate surface area is 172 Å². The van der Waals surface area contributed by atoms with E-state index in [2.05, 4.69) is 40.0 Å². The van der Waals surface area contributed by atoms with Crippen LogP contribution >= 0.6 is 0 Å². The summed E-state index contributed by atoms with van der Waals surface area (Å²) in [7, 11) is 0. The molecule has 1 aliphatic rings. The maximum Gasteiger partial charge on any atom is 0.241 e. The average molecular weight is 393 g/mol. The number of nitriles is 1. The van der Waals surface area contributed by atoms with E-state index in [1.54, 1.807) is 24.3 Å². The SMILES string of the molecule is Cc1cc(N2CCN([C@H](C)C(=O)Nc3ccc(C#N)cc3)CC2)nc(C(C)C)n1. The summed E-state index contributed by atoms with van der Waals surface area (Å²) in [5, 5.41) is 11.8. The monoisotopic (exact) mass is 392 g/mol. The molecule has 1 saturated heterocycles. The Morgan fingerprint density at radius 1 is 1.10 bits per heavy atom. The number of carbonyl (C=O) groups excluding carboxylic acids is 1. The van der Waals surface area contributed by atoms with E-state index in [-0.39, 0.29) is 11.9 Å². The molecule has 152 valence electrons. The number of hydrogen-bond donors (Lipinski definition) is 1. The van der Waals surface area contributed by atoms with E-state index in [1.807, 2.05) is 19.9 Å². The molecule has 7 nitrogen and oxygen atoms in total. The van der Waals surface area contributed by atoms with E-state index in [0.29, 0.717) is 17.2 Å². The van der Waals surface area contributed by atoms with Gasteiger partial charge in [-0.1, -0.05) is 13.8 Å². The van der Waals surface area contributed by atoms with Crippen LogP contribution < -0.4 is 10.2 Å². The highest BCUT2D eigenvalue weighted by Crippen LogP contribution is 2.19. The van der Waals surface area contributed by atoms with Crippen molar-refractivity contribution >= 4 is 17.4 Å². The molecular formula is C22H28N6O. The zero-order valence-electron chi connectivity index (χ0n) is 17.5. The molecule has 1 amide bonds. The highest BCUT2D eigenvalue weighted by Gasteiger charge is 2.26. The van der Waals surface area contributed by atoms with Crippen LogP contribution in [0.15, 0.2) is 30.3 Å². The van der Waals surface area contributed by atoms with E-state index >= 15 is 0 Å². The van der Waals surface area contributed by atoms with Gasteiger partial charge in [-0.05, 0) is 38.1 Å². The highest BCUT2D eigenvalue weighted by molar-refractivity contribution is 5.94. The average Bonchev–Trinajstić information content (AvgIpc) is 2.73. The first-order valence-electron chi connectivity index (χ1n) is 10.0. The van der Waals surface area contributed by atoms with Crippen molar-refractivity contribution in [2.75, 3.05) is 36.4 Å². The number of aromatic nitrogens is 2. The molecule has 2 aromatic rings. The first-order valence-corrected chi connectivity index (χ1v) is 10.0. The van der Waals surface area contributed by atoms with Crippen LogP contribution in [-0.2, 0) is 4.79 Å². The summed E-state index contributed by atoms with van der Waals surface area (Å²) in [5.74, 6) is 2.09. The minimum atomic E-state index is -0.230. The molecule has 0 spiro atoms. The van der Waals surface area contributed by atoms with Crippen LogP contribution in [0, 0.1) is 18.3 Å². The van der Waals surface area contributed by atoms with Crippen LogP contribution in [0.25, 0.3) is 0 Å². The van der Waals surface area contributed by atoms with Gasteiger partial charge in [-0.25, -0.2) is 9.97 Å². The fourth-order valence-corrected chi connectivity index (χ4v) is 3.37. The summed E-state index contributed by atoms with van der Waals surface area (Å²) >= 11 is 0. The molecule has 1 aromatic heterocycles. The normalized spacial score (nSPS) is 15.8. The van der Waals surface area contributed by atoms with Crippen LogP contribution in [-0.4, -0.2) is 53.0 Å². The predicted octanol–water partition coefficient (Wildman–Crippen LogP) is 2.93. The molecule has 0 bridgehead atoms. The molecular weight excluding hydrogens is 364 g/mol. The number of piperazine rings is 1. The second-order valence-electron chi connectivity index (χ2n) is 7.76. The third-order valence-corrected chi connectivity index (χ3v) is 5.22. The van der Waals surface area contributed by atoms with Gasteiger partial charge in [0.05, 0.1) is 17.7 Å². The lowest BCUT2D eigenvalue weighted by Crippen LogP contribution is -2.53. The number of aryl methyl sites for hydroxylation is 1. The molecule has 1 N–H and O–H groups in total. The van der Waals surface area contributed by atoms with Gasteiger partial charge in [0, 0.05) is 49.5 Å². The van der Waals surface area contributed by atoms with Gasteiger partial charge in [-0.2, -0.15) is 5.26 Å². The number of nitrogens with zero attached hydrogens (tertiary/aromatic N) is 5. The molecule has 7 heteroatoms. The second-order valence-corrected chi connectivity index (χ2v) is 7.76. The Kier molecular flexibility index (Phi) is 6.45. The molecule has 29 heavy (non-hydrogen) atoms. The van der Waals surface area contributed by atoms with Gasteiger partial charge in [0.2, 0.25) is 5.91 Å². The lowest BCUT2D eigenvalue weighted by Gasteiger charge is -2.38. The highest BCUT2D eigenvalue weighted by atomic mass is 16.2. The molecule has 1 aliphatic heterocycles. The van der Waals surface area contributed by atoms with Gasteiger partial charge in [0.15, 0.2) is 0 Å². The molecule has 3 rings (SSSR count). The molecule has 0 saturated carbocycles. The van der Waals surface area contributed by atoms with Crippen LogP contribution in [0.2, 0.25) is 0 Å². The van der Waals surface area contributed by atoms with Gasteiger partial charge < -0.3 is 10.2 Å². The van der Waals surface area contributed by atoms with Crippen molar-refractivity contribution in [1.29, 1.82) is 5.26 Å². The fourth-order valence-electron chi connectivity index (χ4n) is 3.37. The maximum absolute atomic E-state index is 12.6. The van der Waals surface area contributed by atoms with Crippen molar-refractivity contribution in [1.82, 2.24) is 14.9 Å². The van der Waals surface area contributed by atoms with E-state index in [1.165, 1.54) is 0 Å². The first kappa shape index (κ1) is 20.7. The lowest BCUT2D eigenvalue weighted by atomic mass is 10.2. The van der Waals surface area contributed by atoms with Gasteiger partial charge in [-0.3, -0.25) is 9.69 Å². The molecule has 1 atom stereocenters. The van der Waals surface area contributed by atoms with Crippen molar-refractivity contribution in [2.24, 2.45) is 0 Å². The van der Waals surface area contributed by atoms with Gasteiger partial charge in [0.1, 0.15) is 11.6 Å². The zero-order chi connectivity index (χ0) is 21.0. The van der Waals surface area contributed by atoms with Gasteiger partial charge in [-0.15, -0.1) is 0 Å². The lowest BCUT2D eigenvalue weighted by molar-refractivity contribution is -0.120. The molecule has 0 aliphatic carbocycles. The summed E-state index contributed by atoms with van der Waals surface area (Å²) < 4.78 is 0. The number of anilines is 2. The van der Waals surface area contributed by atoms with Crippen LogP contribution in [0.4, 0.5) is 11.5 Å². The van der Waals surface area contributed by atoms with Crippen molar-refractivity contribution in [3.05, 3.63) is 47.4 Å². The third kappa shape index (κ3) is 5.09. The molecule has 1 fully saturated rings. The van der Waals surface area contributed by atoms with Gasteiger partial charge >= 0.3 is 0 Å². The second kappa shape index (κ2) is 9.01. The van der Waals surface area contributed by atoms with E-state index in [0.717, 1.165) is 43.5 Å². The number of rotatable bonds is 5. The van der Waals surface area contributed by atoms with E-state index < -0.39 is 0 Å². The standard InChI is InChI=1S/C22H28N6O/c1-15(2)21-24-16(3)13-20(26-21)28-11-9-27(10-12-28)17(4)22(29)25-19-7-5-18(14-23)6-8-19/h5-8,13,15,17H,9-12H2,1-4H3,(H,25,29)/t17-/m1/s1. The minimum absolute atomic E-state index is 0.0388. The topological polar surface area (TPSA) is 85.1 Å². The van der Waals surface area contributed by atoms with E-state index in [4.69, 9.17) is 10.2 Å². The Bertz CT molecular complexity index is 895. The van der Waals surface area contributed by atoms with Crippen LogP contribution in [0.5, 0.6) is 0 Å². The Balaban J connectivity index is 1.58. The maximum atomic E-state index is 12.6. The van der Waals surface area contributed by atoms with Crippen LogP contribution in [0.3, 0.4) is 0 Å². The summed E-state index contributed by atoms with van der Waals surface area (Å²) in [6, 6.07) is 10.8. The Hall–Kier alpha value is -2.98. The number of benzene rings is 1. The fraction of sp³-hybridized carbons (Fsp3) is 0.455. The van der Waals surface area contributed by atoms with Crippen molar-refractivity contribution in [2.45, 2.75) is 39.7 Å². The number of carbonyl (C=O) groups is 1. The van der Waals surface area contributed by atoms with Crippen LogP contribution in [0.1, 0.15) is 43.8 Å². The zero-order valence-corrected chi connectivity index (χ0v) is 17.5. The Morgan fingerprint density at radius 3 is 2.34 bits per heavy atom. The van der Waals surface area contributed by atoms with Crippen molar-refractivity contribution in [3.63, 3.8) is 0 Å². The minimum Gasteiger partial charge on any atom is -0.354 e. The van der Waals surface area contributed by atoms with Crippen molar-refractivity contribution in [3.8, 4) is 6.07 Å². The number of amides is 1. The van der Waals surface area contributed by atoms with Crippen molar-refractivity contribution < 1.29 is 4.79 Å². The molecule has 2 heterocycles. The smallest absolute Gasteiger partial charge is 0.241 e. The molecule has 1 aromatic carbocycles. The summed E-state index contributed by atoms with van der Waals surface area (Å²) in [6.45, 7) is 11.4. The predicted molar refractivity (Wildman–Crippen MR) is 114 cm³/mol. The largest absolute Gasteiger partial charge is 0.354 e. The number of hydrogen-bond acceptors (Lipinski definition) is 6.